The average Bonchev–Trinajstić information content (AvgIpc) is 2.13. The Morgan fingerprint density at radius 2 is 2.27 bits per heavy atom. The van der Waals surface area contributed by atoms with Gasteiger partial charge in [-0.3, -0.25) is 4.79 Å². The minimum atomic E-state index is -2.53. The predicted octanol–water partition coefficient (Wildman–Crippen LogP) is 3.07. The maximum Gasteiger partial charge on any atom is 0.310 e. The third-order valence-corrected chi connectivity index (χ3v) is 2.18. The molecule has 1 atom stereocenters. The van der Waals surface area contributed by atoms with Crippen molar-refractivity contribution in [3.8, 4) is 0 Å². The fourth-order valence-electron chi connectivity index (χ4n) is 1.51. The lowest BCUT2D eigenvalue weighted by molar-refractivity contribution is -0.138. The Labute approximate surface area is 95.2 Å². The lowest BCUT2D eigenvalue weighted by atomic mass is 9.96. The molecule has 82 valence electrons. The van der Waals surface area contributed by atoms with Crippen LogP contribution in [0, 0.1) is 5.92 Å². The molecular formula is C13H18O2. The van der Waals surface area contributed by atoms with Crippen molar-refractivity contribution in [3.05, 3.63) is 35.4 Å². The van der Waals surface area contributed by atoms with E-state index in [0.29, 0.717) is 11.5 Å². The molecule has 0 aliphatic carbocycles. The van der Waals surface area contributed by atoms with Crippen LogP contribution in [0.3, 0.4) is 0 Å². The van der Waals surface area contributed by atoms with Gasteiger partial charge in [-0.05, 0) is 30.3 Å². The van der Waals surface area contributed by atoms with Crippen molar-refractivity contribution in [2.24, 2.45) is 5.92 Å². The summed E-state index contributed by atoms with van der Waals surface area (Å²) in [6.07, 6.45) is 0.807. The van der Waals surface area contributed by atoms with Crippen molar-refractivity contribution in [1.82, 2.24) is 0 Å². The molecule has 15 heavy (non-hydrogen) atoms. The Morgan fingerprint density at radius 1 is 1.53 bits per heavy atom. The average molecular weight is 209 g/mol. The highest BCUT2D eigenvalue weighted by atomic mass is 16.4. The highest BCUT2D eigenvalue weighted by molar-refractivity contribution is 5.75. The summed E-state index contributed by atoms with van der Waals surface area (Å²) in [5.74, 6) is -2.32. The number of rotatable bonds is 4. The molecule has 2 nitrogen and oxygen atoms in total. The number of carboxylic acid groups (broad SMARTS) is 1. The van der Waals surface area contributed by atoms with Gasteiger partial charge in [0.25, 0.3) is 0 Å². The molecule has 0 spiro atoms. The van der Waals surface area contributed by atoms with E-state index in [1.807, 2.05) is 6.07 Å². The molecule has 0 saturated carbocycles. The molecule has 0 aliphatic rings. The Bertz CT molecular complexity index is 424. The van der Waals surface area contributed by atoms with Crippen LogP contribution in [0.15, 0.2) is 24.3 Å². The minimum Gasteiger partial charge on any atom is -0.481 e. The number of benzene rings is 1. The largest absolute Gasteiger partial charge is 0.481 e. The smallest absolute Gasteiger partial charge is 0.310 e. The van der Waals surface area contributed by atoms with E-state index < -0.39 is 18.7 Å². The fourth-order valence-corrected chi connectivity index (χ4v) is 1.51. The first-order valence-electron chi connectivity index (χ1n) is 6.53. The van der Waals surface area contributed by atoms with Crippen LogP contribution >= 0.6 is 0 Å². The standard InChI is InChI=1S/C13H18O2/c1-9(2)7-11-5-4-6-12(8-11)10(3)13(14)15/h4-6,8-10H,7H2,1-3H3,(H,14,15)/i3D3. The van der Waals surface area contributed by atoms with E-state index in [1.165, 1.54) is 0 Å². The first-order valence-corrected chi connectivity index (χ1v) is 5.03. The molecule has 0 bridgehead atoms. The summed E-state index contributed by atoms with van der Waals surface area (Å²) >= 11 is 0. The van der Waals surface area contributed by atoms with Crippen molar-refractivity contribution in [1.29, 1.82) is 0 Å². The second-order valence-electron chi connectivity index (χ2n) is 4.11. The number of carbonyl (C=O) groups is 1. The molecule has 1 aromatic rings. The van der Waals surface area contributed by atoms with E-state index in [4.69, 9.17) is 9.22 Å². The second-order valence-corrected chi connectivity index (χ2v) is 4.11. The van der Waals surface area contributed by atoms with E-state index >= 15 is 0 Å². The summed E-state index contributed by atoms with van der Waals surface area (Å²) in [5, 5.41) is 9.08. The SMILES string of the molecule is [2H]C([2H])([2H])C(C(=O)O)c1cccc(CC(C)C)c1. The van der Waals surface area contributed by atoms with Crippen LogP contribution in [-0.2, 0) is 11.2 Å². The van der Waals surface area contributed by atoms with Crippen LogP contribution in [-0.4, -0.2) is 11.1 Å². The van der Waals surface area contributed by atoms with E-state index in [1.54, 1.807) is 18.2 Å². The zero-order valence-corrected chi connectivity index (χ0v) is 9.03. The first kappa shape index (κ1) is 7.91. The molecule has 2 heteroatoms. The third-order valence-electron chi connectivity index (χ3n) is 2.18. The summed E-state index contributed by atoms with van der Waals surface area (Å²) in [6, 6.07) is 6.86. The van der Waals surface area contributed by atoms with Gasteiger partial charge in [0.1, 0.15) is 0 Å². The number of aliphatic carboxylic acids is 1. The Kier molecular flexibility index (Phi) is 2.62. The van der Waals surface area contributed by atoms with Crippen molar-refractivity contribution >= 4 is 5.97 Å². The molecule has 1 rings (SSSR count). The van der Waals surface area contributed by atoms with Crippen LogP contribution in [0.25, 0.3) is 0 Å². The minimum absolute atomic E-state index is 0.348. The van der Waals surface area contributed by atoms with Gasteiger partial charge >= 0.3 is 5.97 Å². The molecule has 1 aromatic carbocycles. The van der Waals surface area contributed by atoms with Crippen LogP contribution in [0.4, 0.5) is 0 Å². The van der Waals surface area contributed by atoms with Gasteiger partial charge in [0, 0.05) is 4.11 Å². The van der Waals surface area contributed by atoms with Gasteiger partial charge in [-0.25, -0.2) is 0 Å². The van der Waals surface area contributed by atoms with Crippen LogP contribution in [0.2, 0.25) is 0 Å². The van der Waals surface area contributed by atoms with Gasteiger partial charge in [0.2, 0.25) is 0 Å². The zero-order chi connectivity index (χ0) is 13.9. The van der Waals surface area contributed by atoms with Crippen LogP contribution in [0.5, 0.6) is 0 Å². The molecule has 0 radical (unpaired) electrons. The molecule has 0 amide bonds. The van der Waals surface area contributed by atoms with Gasteiger partial charge in [0.05, 0.1) is 5.92 Å². The van der Waals surface area contributed by atoms with Gasteiger partial charge in [-0.1, -0.05) is 38.1 Å². The molecule has 0 fully saturated rings. The maximum absolute atomic E-state index is 11.1. The molecule has 0 heterocycles. The molecule has 1 N–H and O–H groups in total. The van der Waals surface area contributed by atoms with Crippen molar-refractivity contribution in [2.45, 2.75) is 33.0 Å². The number of carboxylic acids is 1. The second kappa shape index (κ2) is 4.96. The molecule has 0 aliphatic heterocycles. The summed E-state index contributed by atoms with van der Waals surface area (Å²) < 4.78 is 22.0. The zero-order valence-electron chi connectivity index (χ0n) is 12.0. The van der Waals surface area contributed by atoms with Gasteiger partial charge in [-0.15, -0.1) is 0 Å². The number of hydrogen-bond acceptors (Lipinski definition) is 1. The van der Waals surface area contributed by atoms with Crippen molar-refractivity contribution in [3.63, 3.8) is 0 Å². The van der Waals surface area contributed by atoms with Gasteiger partial charge < -0.3 is 5.11 Å². The number of hydrogen-bond donors (Lipinski definition) is 1. The van der Waals surface area contributed by atoms with Gasteiger partial charge in [0.15, 0.2) is 0 Å². The van der Waals surface area contributed by atoms with Crippen molar-refractivity contribution < 1.29 is 14.0 Å². The van der Waals surface area contributed by atoms with Gasteiger partial charge in [-0.2, -0.15) is 0 Å². The Balaban J connectivity index is 3.10. The normalized spacial score (nSPS) is 16.6. The van der Waals surface area contributed by atoms with Crippen molar-refractivity contribution in [2.75, 3.05) is 0 Å². The van der Waals surface area contributed by atoms with E-state index in [2.05, 4.69) is 13.8 Å². The van der Waals surface area contributed by atoms with Crippen LogP contribution < -0.4 is 0 Å². The molecular weight excluding hydrogens is 188 g/mol. The fraction of sp³-hybridized carbons (Fsp3) is 0.462. The van der Waals surface area contributed by atoms with E-state index in [-0.39, 0.29) is 0 Å². The lowest BCUT2D eigenvalue weighted by Gasteiger charge is -2.10. The Morgan fingerprint density at radius 3 is 2.80 bits per heavy atom. The summed E-state index contributed by atoms with van der Waals surface area (Å²) in [6.45, 7) is 1.60. The predicted molar refractivity (Wildman–Crippen MR) is 61.0 cm³/mol. The summed E-state index contributed by atoms with van der Waals surface area (Å²) in [5.41, 5.74) is 1.32. The Hall–Kier alpha value is -1.31. The maximum atomic E-state index is 11.1. The highest BCUT2D eigenvalue weighted by Gasteiger charge is 2.13. The highest BCUT2D eigenvalue weighted by Crippen LogP contribution is 2.18. The van der Waals surface area contributed by atoms with E-state index in [9.17, 15) is 4.79 Å². The summed E-state index contributed by atoms with van der Waals surface area (Å²) in [4.78, 5) is 11.1. The molecule has 1 unspecified atom stereocenters. The first-order chi connectivity index (χ1) is 8.21. The third kappa shape index (κ3) is 3.39. The molecule has 0 saturated heterocycles. The topological polar surface area (TPSA) is 37.3 Å². The monoisotopic (exact) mass is 209 g/mol. The summed E-state index contributed by atoms with van der Waals surface area (Å²) in [7, 11) is 0. The van der Waals surface area contributed by atoms with E-state index in [0.717, 1.165) is 12.0 Å². The molecule has 0 aromatic heterocycles. The lowest BCUT2D eigenvalue weighted by Crippen LogP contribution is -2.07. The quantitative estimate of drug-likeness (QED) is 0.827. The van der Waals surface area contributed by atoms with Crippen LogP contribution in [0.1, 0.15) is 41.9 Å².